The lowest BCUT2D eigenvalue weighted by atomic mass is 10.1. The fourth-order valence-electron chi connectivity index (χ4n) is 2.99. The van der Waals surface area contributed by atoms with Crippen LogP contribution in [0.25, 0.3) is 0 Å². The Hall–Kier alpha value is -2.80. The van der Waals surface area contributed by atoms with Crippen molar-refractivity contribution < 1.29 is 9.21 Å². The number of H-pyrrole nitrogens is 1. The van der Waals surface area contributed by atoms with E-state index >= 15 is 0 Å². The van der Waals surface area contributed by atoms with Crippen molar-refractivity contribution in [1.82, 2.24) is 14.9 Å². The van der Waals surface area contributed by atoms with E-state index < -0.39 is 0 Å². The van der Waals surface area contributed by atoms with Gasteiger partial charge in [0.15, 0.2) is 5.16 Å². The molecule has 0 aliphatic rings. The molecule has 1 aromatic carbocycles. The number of nitrogens with one attached hydrogen (secondary N) is 1. The summed E-state index contributed by atoms with van der Waals surface area (Å²) in [5, 5.41) is 0.584. The normalized spacial score (nSPS) is 10.8. The first kappa shape index (κ1) is 19.9. The number of hydrogen-bond donors (Lipinski definition) is 1. The van der Waals surface area contributed by atoms with Crippen LogP contribution in [-0.2, 0) is 24.3 Å². The lowest BCUT2D eigenvalue weighted by Gasteiger charge is -2.22. The lowest BCUT2D eigenvalue weighted by Crippen LogP contribution is -2.31. The average molecular weight is 398 g/mol. The molecule has 7 heteroatoms. The molecule has 0 saturated carbocycles. The van der Waals surface area contributed by atoms with Gasteiger partial charge in [0.2, 0.25) is 5.91 Å². The number of aromatic amines is 1. The Morgan fingerprint density at radius 3 is 2.61 bits per heavy atom. The van der Waals surface area contributed by atoms with Crippen molar-refractivity contribution in [2.24, 2.45) is 0 Å². The van der Waals surface area contributed by atoms with Gasteiger partial charge in [-0.1, -0.05) is 42.1 Å². The van der Waals surface area contributed by atoms with E-state index in [1.807, 2.05) is 48.7 Å². The fraction of sp³-hybridized carbons (Fsp3) is 0.286. The minimum Gasteiger partial charge on any atom is -0.467 e. The quantitative estimate of drug-likeness (QED) is 0.464. The standard InChI is InChI=1S/C21H23N3O3S/c1-15-18(20(26)23-21(22-15)28-2)10-11-19(25)24(14-17-9-6-12-27-17)13-16-7-4-3-5-8-16/h3-9,12H,10-11,13-14H2,1-2H3,(H,22,23,26). The predicted octanol–water partition coefficient (Wildman–Crippen LogP) is 3.55. The van der Waals surface area contributed by atoms with Crippen LogP contribution in [0, 0.1) is 6.92 Å². The van der Waals surface area contributed by atoms with Crippen molar-refractivity contribution in [2.75, 3.05) is 6.26 Å². The summed E-state index contributed by atoms with van der Waals surface area (Å²) in [4.78, 5) is 34.1. The third kappa shape index (κ3) is 5.13. The van der Waals surface area contributed by atoms with E-state index in [4.69, 9.17) is 4.42 Å². The molecular weight excluding hydrogens is 374 g/mol. The van der Waals surface area contributed by atoms with Gasteiger partial charge in [-0.3, -0.25) is 9.59 Å². The molecular formula is C21H23N3O3S. The van der Waals surface area contributed by atoms with Gasteiger partial charge in [0, 0.05) is 24.2 Å². The van der Waals surface area contributed by atoms with E-state index in [1.54, 1.807) is 18.1 Å². The number of aryl methyl sites for hydroxylation is 1. The highest BCUT2D eigenvalue weighted by Gasteiger charge is 2.18. The molecule has 2 heterocycles. The molecule has 0 saturated heterocycles. The largest absolute Gasteiger partial charge is 0.467 e. The zero-order valence-corrected chi connectivity index (χ0v) is 16.8. The van der Waals surface area contributed by atoms with Gasteiger partial charge < -0.3 is 14.3 Å². The first-order valence-electron chi connectivity index (χ1n) is 9.04. The molecule has 28 heavy (non-hydrogen) atoms. The minimum absolute atomic E-state index is 0.0343. The average Bonchev–Trinajstić information content (AvgIpc) is 3.20. The summed E-state index contributed by atoms with van der Waals surface area (Å²) in [6.07, 6.45) is 4.04. The van der Waals surface area contributed by atoms with Crippen molar-refractivity contribution in [3.05, 3.63) is 81.7 Å². The number of nitrogens with zero attached hydrogens (tertiary/aromatic N) is 2. The number of hydrogen-bond acceptors (Lipinski definition) is 5. The summed E-state index contributed by atoms with van der Waals surface area (Å²) in [7, 11) is 0. The highest BCUT2D eigenvalue weighted by Crippen LogP contribution is 2.14. The van der Waals surface area contributed by atoms with E-state index in [2.05, 4.69) is 9.97 Å². The van der Waals surface area contributed by atoms with Gasteiger partial charge in [0.1, 0.15) is 5.76 Å². The number of furan rings is 1. The number of benzene rings is 1. The van der Waals surface area contributed by atoms with Gasteiger partial charge in [-0.15, -0.1) is 0 Å². The van der Waals surface area contributed by atoms with Crippen LogP contribution in [0.2, 0.25) is 0 Å². The monoisotopic (exact) mass is 397 g/mol. The van der Waals surface area contributed by atoms with Crippen LogP contribution >= 0.6 is 11.8 Å². The minimum atomic E-state index is -0.176. The third-order valence-electron chi connectivity index (χ3n) is 4.48. The molecule has 6 nitrogen and oxygen atoms in total. The molecule has 1 amide bonds. The van der Waals surface area contributed by atoms with Gasteiger partial charge in [0.05, 0.1) is 12.8 Å². The van der Waals surface area contributed by atoms with Gasteiger partial charge in [-0.25, -0.2) is 4.98 Å². The number of amides is 1. The molecule has 3 aromatic rings. The molecule has 0 aliphatic heterocycles. The van der Waals surface area contributed by atoms with Crippen LogP contribution in [0.4, 0.5) is 0 Å². The first-order valence-corrected chi connectivity index (χ1v) is 10.3. The summed E-state index contributed by atoms with van der Waals surface area (Å²) in [6.45, 7) is 2.68. The SMILES string of the molecule is CSc1nc(C)c(CCC(=O)N(Cc2ccccc2)Cc2ccco2)c(=O)[nH]1. The molecule has 0 bridgehead atoms. The van der Waals surface area contributed by atoms with Gasteiger partial charge >= 0.3 is 0 Å². The summed E-state index contributed by atoms with van der Waals surface area (Å²) in [6, 6.07) is 13.5. The zero-order chi connectivity index (χ0) is 19.9. The molecule has 1 N–H and O–H groups in total. The first-order chi connectivity index (χ1) is 13.6. The van der Waals surface area contributed by atoms with E-state index in [0.29, 0.717) is 35.9 Å². The Morgan fingerprint density at radius 1 is 1.18 bits per heavy atom. The molecule has 0 radical (unpaired) electrons. The highest BCUT2D eigenvalue weighted by atomic mass is 32.2. The van der Waals surface area contributed by atoms with Crippen LogP contribution in [0.15, 0.2) is 63.1 Å². The Balaban J connectivity index is 1.73. The Bertz CT molecular complexity index is 968. The Labute approximate surface area is 168 Å². The topological polar surface area (TPSA) is 79.2 Å². The summed E-state index contributed by atoms with van der Waals surface area (Å²) < 4.78 is 5.42. The zero-order valence-electron chi connectivity index (χ0n) is 16.0. The molecule has 0 atom stereocenters. The maximum atomic E-state index is 12.9. The van der Waals surface area contributed by atoms with Crippen molar-refractivity contribution in [3.8, 4) is 0 Å². The van der Waals surface area contributed by atoms with E-state index in [-0.39, 0.29) is 17.9 Å². The van der Waals surface area contributed by atoms with Crippen molar-refractivity contribution in [1.29, 1.82) is 0 Å². The smallest absolute Gasteiger partial charge is 0.254 e. The van der Waals surface area contributed by atoms with Crippen LogP contribution in [0.1, 0.15) is 29.0 Å². The second-order valence-corrected chi connectivity index (χ2v) is 7.25. The van der Waals surface area contributed by atoms with Gasteiger partial charge in [0.25, 0.3) is 5.56 Å². The Morgan fingerprint density at radius 2 is 1.96 bits per heavy atom. The Kier molecular flexibility index (Phi) is 6.71. The molecule has 146 valence electrons. The summed E-state index contributed by atoms with van der Waals surface area (Å²) in [5.41, 5.74) is 2.10. The number of rotatable bonds is 8. The van der Waals surface area contributed by atoms with Gasteiger partial charge in [-0.05, 0) is 37.3 Å². The maximum Gasteiger partial charge on any atom is 0.254 e. The lowest BCUT2D eigenvalue weighted by molar-refractivity contribution is -0.132. The number of carbonyl (C=O) groups is 1. The molecule has 0 unspecified atom stereocenters. The summed E-state index contributed by atoms with van der Waals surface area (Å²) >= 11 is 1.39. The van der Waals surface area contributed by atoms with Crippen LogP contribution in [0.5, 0.6) is 0 Å². The van der Waals surface area contributed by atoms with Crippen molar-refractivity contribution >= 4 is 17.7 Å². The number of aromatic nitrogens is 2. The van der Waals surface area contributed by atoms with Crippen molar-refractivity contribution in [2.45, 2.75) is 38.0 Å². The molecule has 0 spiro atoms. The molecule has 2 aromatic heterocycles. The second kappa shape index (κ2) is 9.41. The summed E-state index contributed by atoms with van der Waals surface area (Å²) in [5.74, 6) is 0.692. The third-order valence-corrected chi connectivity index (χ3v) is 5.06. The molecule has 0 fully saturated rings. The van der Waals surface area contributed by atoms with E-state index in [9.17, 15) is 9.59 Å². The van der Waals surface area contributed by atoms with Crippen LogP contribution in [-0.4, -0.2) is 27.0 Å². The van der Waals surface area contributed by atoms with Crippen LogP contribution in [0.3, 0.4) is 0 Å². The van der Waals surface area contributed by atoms with Crippen molar-refractivity contribution in [3.63, 3.8) is 0 Å². The number of thioether (sulfide) groups is 1. The second-order valence-electron chi connectivity index (χ2n) is 6.45. The fourth-order valence-corrected chi connectivity index (χ4v) is 3.42. The van der Waals surface area contributed by atoms with E-state index in [1.165, 1.54) is 11.8 Å². The van der Waals surface area contributed by atoms with Crippen LogP contribution < -0.4 is 5.56 Å². The number of carbonyl (C=O) groups excluding carboxylic acids is 1. The predicted molar refractivity (Wildman–Crippen MR) is 109 cm³/mol. The highest BCUT2D eigenvalue weighted by molar-refractivity contribution is 7.98. The van der Waals surface area contributed by atoms with Gasteiger partial charge in [-0.2, -0.15) is 0 Å². The molecule has 3 rings (SSSR count). The van der Waals surface area contributed by atoms with E-state index in [0.717, 1.165) is 11.3 Å². The maximum absolute atomic E-state index is 12.9. The molecule has 0 aliphatic carbocycles.